The van der Waals surface area contributed by atoms with Crippen LogP contribution >= 0.6 is 0 Å². The average molecular weight is 281 g/mol. The van der Waals surface area contributed by atoms with E-state index in [2.05, 4.69) is 5.32 Å². The van der Waals surface area contributed by atoms with Gasteiger partial charge in [0, 0.05) is 16.8 Å². The Bertz CT molecular complexity index is 621. The first-order valence-corrected chi connectivity index (χ1v) is 5.49. The molecule has 0 aliphatic carbocycles. The van der Waals surface area contributed by atoms with Crippen LogP contribution in [0.1, 0.15) is 24.2 Å². The summed E-state index contributed by atoms with van der Waals surface area (Å²) >= 11 is 0. The topological polar surface area (TPSA) is 104 Å². The summed E-state index contributed by atoms with van der Waals surface area (Å²) in [4.78, 5) is 33.2. The zero-order chi connectivity index (χ0) is 15.4. The smallest absolute Gasteiger partial charge is 0.338 e. The van der Waals surface area contributed by atoms with Crippen LogP contribution in [0.5, 0.6) is 0 Å². The molecule has 1 aromatic carbocycles. The molecule has 0 bridgehead atoms. The number of rotatable bonds is 4. The van der Waals surface area contributed by atoms with Crippen molar-refractivity contribution in [1.82, 2.24) is 0 Å². The third kappa shape index (κ3) is 3.41. The standard InChI is InChI=1S/C13H12FNO5/c1-6(7(2)12(17)18)11(16)15-8-3-4-10(14)9(5-8)13(19)20/h3-5H,1-2H3,(H,15,16)(H,17,18)(H,19,20). The van der Waals surface area contributed by atoms with E-state index in [4.69, 9.17) is 10.2 Å². The first kappa shape index (κ1) is 15.4. The lowest BCUT2D eigenvalue weighted by Gasteiger charge is -2.08. The molecular weight excluding hydrogens is 269 g/mol. The van der Waals surface area contributed by atoms with Crippen molar-refractivity contribution in [2.75, 3.05) is 5.32 Å². The van der Waals surface area contributed by atoms with E-state index in [-0.39, 0.29) is 16.8 Å². The minimum Gasteiger partial charge on any atom is -0.478 e. The molecule has 0 heterocycles. The van der Waals surface area contributed by atoms with Gasteiger partial charge in [-0.15, -0.1) is 0 Å². The molecule has 0 saturated carbocycles. The Hall–Kier alpha value is -2.70. The minimum absolute atomic E-state index is 0.0290. The number of benzene rings is 1. The van der Waals surface area contributed by atoms with Gasteiger partial charge in [-0.05, 0) is 32.0 Å². The van der Waals surface area contributed by atoms with E-state index in [1.807, 2.05) is 0 Å². The van der Waals surface area contributed by atoms with Crippen LogP contribution in [-0.2, 0) is 9.59 Å². The normalized spacial score (nSPS) is 11.6. The second-order valence-electron chi connectivity index (χ2n) is 4.01. The van der Waals surface area contributed by atoms with Crippen molar-refractivity contribution in [2.24, 2.45) is 0 Å². The first-order chi connectivity index (χ1) is 9.23. The van der Waals surface area contributed by atoms with Gasteiger partial charge in [0.1, 0.15) is 5.82 Å². The molecular formula is C13H12FNO5. The summed E-state index contributed by atoms with van der Waals surface area (Å²) in [5, 5.41) is 19.8. The summed E-state index contributed by atoms with van der Waals surface area (Å²) in [5.74, 6) is -4.33. The lowest BCUT2D eigenvalue weighted by Crippen LogP contribution is -2.16. The highest BCUT2D eigenvalue weighted by atomic mass is 19.1. The lowest BCUT2D eigenvalue weighted by atomic mass is 10.1. The van der Waals surface area contributed by atoms with Gasteiger partial charge in [-0.25, -0.2) is 14.0 Å². The number of hydrogen-bond acceptors (Lipinski definition) is 3. The molecule has 7 heteroatoms. The van der Waals surface area contributed by atoms with Crippen LogP contribution in [0, 0.1) is 5.82 Å². The molecule has 0 spiro atoms. The van der Waals surface area contributed by atoms with Gasteiger partial charge in [-0.2, -0.15) is 0 Å². The van der Waals surface area contributed by atoms with Crippen molar-refractivity contribution in [3.63, 3.8) is 0 Å². The summed E-state index contributed by atoms with van der Waals surface area (Å²) < 4.78 is 13.2. The number of hydrogen-bond donors (Lipinski definition) is 3. The fourth-order valence-corrected chi connectivity index (χ4v) is 1.32. The molecule has 1 aromatic rings. The van der Waals surface area contributed by atoms with Crippen LogP contribution in [0.2, 0.25) is 0 Å². The Labute approximate surface area is 113 Å². The van der Waals surface area contributed by atoms with Gasteiger partial charge >= 0.3 is 11.9 Å². The van der Waals surface area contributed by atoms with Crippen LogP contribution < -0.4 is 5.32 Å². The van der Waals surface area contributed by atoms with Gasteiger partial charge in [0.25, 0.3) is 5.91 Å². The summed E-state index contributed by atoms with van der Waals surface area (Å²) in [6.07, 6.45) is 0. The minimum atomic E-state index is -1.47. The number of carbonyl (C=O) groups excluding carboxylic acids is 1. The number of aromatic carboxylic acids is 1. The number of carboxylic acid groups (broad SMARTS) is 2. The Morgan fingerprint density at radius 1 is 1.10 bits per heavy atom. The first-order valence-electron chi connectivity index (χ1n) is 5.49. The van der Waals surface area contributed by atoms with Crippen molar-refractivity contribution in [2.45, 2.75) is 13.8 Å². The number of aliphatic carboxylic acids is 1. The van der Waals surface area contributed by atoms with E-state index in [1.54, 1.807) is 0 Å². The molecule has 0 unspecified atom stereocenters. The largest absolute Gasteiger partial charge is 0.478 e. The monoisotopic (exact) mass is 281 g/mol. The van der Waals surface area contributed by atoms with Crippen LogP contribution in [0.15, 0.2) is 29.3 Å². The van der Waals surface area contributed by atoms with E-state index >= 15 is 0 Å². The van der Waals surface area contributed by atoms with Crippen LogP contribution in [-0.4, -0.2) is 28.1 Å². The predicted molar refractivity (Wildman–Crippen MR) is 68.0 cm³/mol. The summed E-state index contributed by atoms with van der Waals surface area (Å²) in [6.45, 7) is 2.59. The second-order valence-corrected chi connectivity index (χ2v) is 4.01. The zero-order valence-corrected chi connectivity index (χ0v) is 10.7. The van der Waals surface area contributed by atoms with Crippen LogP contribution in [0.25, 0.3) is 0 Å². The quantitative estimate of drug-likeness (QED) is 0.731. The molecule has 0 fully saturated rings. The molecule has 6 nitrogen and oxygen atoms in total. The molecule has 0 aliphatic heterocycles. The Kier molecular flexibility index (Phi) is 4.58. The highest BCUT2D eigenvalue weighted by Gasteiger charge is 2.15. The van der Waals surface area contributed by atoms with Crippen molar-refractivity contribution >= 4 is 23.5 Å². The molecule has 3 N–H and O–H groups in total. The van der Waals surface area contributed by atoms with Gasteiger partial charge in [0.2, 0.25) is 0 Å². The van der Waals surface area contributed by atoms with Gasteiger partial charge < -0.3 is 15.5 Å². The van der Waals surface area contributed by atoms with Crippen LogP contribution in [0.4, 0.5) is 10.1 Å². The van der Waals surface area contributed by atoms with E-state index in [0.717, 1.165) is 12.1 Å². The summed E-state index contributed by atoms with van der Waals surface area (Å²) in [7, 11) is 0. The number of carbonyl (C=O) groups is 3. The van der Waals surface area contributed by atoms with Gasteiger partial charge in [0.15, 0.2) is 0 Å². The molecule has 20 heavy (non-hydrogen) atoms. The lowest BCUT2D eigenvalue weighted by molar-refractivity contribution is -0.133. The number of halogens is 1. The summed E-state index contributed by atoms with van der Waals surface area (Å²) in [6, 6.07) is 3.05. The number of nitrogens with one attached hydrogen (secondary N) is 1. The number of anilines is 1. The highest BCUT2D eigenvalue weighted by Crippen LogP contribution is 2.16. The van der Waals surface area contributed by atoms with Crippen molar-refractivity contribution in [3.05, 3.63) is 40.7 Å². The fraction of sp³-hybridized carbons (Fsp3) is 0.154. The molecule has 0 saturated heterocycles. The fourth-order valence-electron chi connectivity index (χ4n) is 1.32. The number of carboxylic acids is 2. The Balaban J connectivity index is 3.03. The predicted octanol–water partition coefficient (Wildman–Crippen LogP) is 1.88. The SMILES string of the molecule is CC(C(=O)O)=C(C)C(=O)Nc1ccc(F)c(C(=O)O)c1. The van der Waals surface area contributed by atoms with Crippen molar-refractivity contribution in [1.29, 1.82) is 0 Å². The van der Waals surface area contributed by atoms with Crippen LogP contribution in [0.3, 0.4) is 0 Å². The van der Waals surface area contributed by atoms with Gasteiger partial charge in [0.05, 0.1) is 5.56 Å². The molecule has 0 aliphatic rings. The second kappa shape index (κ2) is 5.96. The average Bonchev–Trinajstić information content (AvgIpc) is 2.38. The van der Waals surface area contributed by atoms with Gasteiger partial charge in [-0.1, -0.05) is 0 Å². The third-order valence-electron chi connectivity index (χ3n) is 2.68. The molecule has 106 valence electrons. The maximum Gasteiger partial charge on any atom is 0.338 e. The van der Waals surface area contributed by atoms with Crippen molar-refractivity contribution < 1.29 is 29.0 Å². The van der Waals surface area contributed by atoms with E-state index in [0.29, 0.717) is 0 Å². The molecule has 1 rings (SSSR count). The molecule has 0 atom stereocenters. The maximum atomic E-state index is 13.2. The van der Waals surface area contributed by atoms with E-state index < -0.39 is 29.2 Å². The molecule has 0 aromatic heterocycles. The van der Waals surface area contributed by atoms with Gasteiger partial charge in [-0.3, -0.25) is 4.79 Å². The number of amides is 1. The zero-order valence-electron chi connectivity index (χ0n) is 10.7. The van der Waals surface area contributed by atoms with Crippen molar-refractivity contribution in [3.8, 4) is 0 Å². The van der Waals surface area contributed by atoms with E-state index in [1.165, 1.54) is 19.9 Å². The Morgan fingerprint density at radius 2 is 1.70 bits per heavy atom. The molecule has 1 amide bonds. The Morgan fingerprint density at radius 3 is 2.20 bits per heavy atom. The maximum absolute atomic E-state index is 13.2. The van der Waals surface area contributed by atoms with E-state index in [9.17, 15) is 18.8 Å². The summed E-state index contributed by atoms with van der Waals surface area (Å²) in [5.41, 5.74) is -0.688. The molecule has 0 radical (unpaired) electrons. The highest BCUT2D eigenvalue weighted by molar-refractivity contribution is 6.08. The third-order valence-corrected chi connectivity index (χ3v) is 2.68.